The Balaban J connectivity index is 0.000000219. The predicted octanol–water partition coefficient (Wildman–Crippen LogP) is 3.72. The summed E-state index contributed by atoms with van der Waals surface area (Å²) in [6.07, 6.45) is -0.549. The summed E-state index contributed by atoms with van der Waals surface area (Å²) in [5.41, 5.74) is 16.7. The molecule has 0 spiro atoms. The summed E-state index contributed by atoms with van der Waals surface area (Å²) in [7, 11) is 0. The van der Waals surface area contributed by atoms with Crippen LogP contribution < -0.4 is 38.1 Å². The van der Waals surface area contributed by atoms with Gasteiger partial charge in [-0.2, -0.15) is 0 Å². The molecule has 0 aliphatic carbocycles. The van der Waals surface area contributed by atoms with Crippen LogP contribution in [-0.4, -0.2) is 148 Å². The monoisotopic (exact) mass is 1040 g/mol. The SMILES string of the molecule is CC(=O)N(CCCNC(=O)Nc1ccc(C(C)(C)C)cc1)C[C@H]1O[C@@H](n2ccc3c(N)ncnc32)[C@H](O)[C@@H]1O.CC(C)(C)c1ccc(NC(=O)NCCCNC[C@H]2O[C@@H](n3ccc4c(N)ncnc43)[C@H](O)[C@@H]2O)cc1. The predicted molar refractivity (Wildman–Crippen MR) is 284 cm³/mol. The normalized spacial score (nSPS) is 21.6. The van der Waals surface area contributed by atoms with E-state index in [0.717, 1.165) is 5.69 Å². The van der Waals surface area contributed by atoms with Crippen molar-refractivity contribution in [2.45, 2.75) is 121 Å². The smallest absolute Gasteiger partial charge is 0.319 e. The average Bonchev–Trinajstić information content (AvgIpc) is 4.13. The van der Waals surface area contributed by atoms with E-state index in [1.165, 1.54) is 35.6 Å². The van der Waals surface area contributed by atoms with Gasteiger partial charge in [-0.15, -0.1) is 0 Å². The lowest BCUT2D eigenvalue weighted by molar-refractivity contribution is -0.132. The van der Waals surface area contributed by atoms with Gasteiger partial charge in [0.2, 0.25) is 5.91 Å². The first kappa shape index (κ1) is 55.8. The van der Waals surface area contributed by atoms with Gasteiger partial charge in [0.15, 0.2) is 12.5 Å². The highest BCUT2D eigenvalue weighted by atomic mass is 16.6. The quantitative estimate of drug-likeness (QED) is 0.0616. The van der Waals surface area contributed by atoms with Crippen LogP contribution in [0.3, 0.4) is 0 Å². The molecule has 404 valence electrons. The maximum Gasteiger partial charge on any atom is 0.319 e. The fourth-order valence-electron chi connectivity index (χ4n) is 8.81. The number of urea groups is 2. The number of hydrogen-bond donors (Lipinski definition) is 11. The highest BCUT2D eigenvalue weighted by Crippen LogP contribution is 2.35. The van der Waals surface area contributed by atoms with Gasteiger partial charge in [-0.1, -0.05) is 65.8 Å². The average molecular weight is 1040 g/mol. The highest BCUT2D eigenvalue weighted by molar-refractivity contribution is 5.90. The molecule has 2 aliphatic rings. The number of aromatic nitrogens is 6. The Hall–Kier alpha value is -6.99. The van der Waals surface area contributed by atoms with Crippen LogP contribution in [0.5, 0.6) is 0 Å². The molecule has 8 rings (SSSR count). The minimum Gasteiger partial charge on any atom is -0.387 e. The zero-order chi connectivity index (χ0) is 54.2. The van der Waals surface area contributed by atoms with E-state index in [2.05, 4.69) is 88.1 Å². The Morgan fingerprint density at radius 2 is 1.05 bits per heavy atom. The molecule has 75 heavy (non-hydrogen) atoms. The van der Waals surface area contributed by atoms with Gasteiger partial charge < -0.3 is 82.0 Å². The van der Waals surface area contributed by atoms with Gasteiger partial charge >= 0.3 is 12.1 Å². The first-order valence-electron chi connectivity index (χ1n) is 25.0. The maximum absolute atomic E-state index is 12.3. The summed E-state index contributed by atoms with van der Waals surface area (Å²) >= 11 is 0. The molecule has 0 saturated carbocycles. The Morgan fingerprint density at radius 3 is 1.51 bits per heavy atom. The molecule has 6 heterocycles. The molecule has 2 fully saturated rings. The summed E-state index contributed by atoms with van der Waals surface area (Å²) in [5, 5.41) is 58.1. The number of rotatable bonds is 16. The lowest BCUT2D eigenvalue weighted by atomic mass is 9.87. The fraction of sp³-hybridized carbons (Fsp3) is 0.481. The molecule has 2 aromatic carbocycles. The van der Waals surface area contributed by atoms with Crippen molar-refractivity contribution in [1.82, 2.24) is 49.9 Å². The third kappa shape index (κ3) is 13.8. The number of ether oxygens (including phenoxy) is 2. The number of carbonyl (C=O) groups excluding carboxylic acids is 3. The molecule has 0 bridgehead atoms. The van der Waals surface area contributed by atoms with Gasteiger partial charge in [-0.05, 0) is 77.7 Å². The van der Waals surface area contributed by atoms with Crippen LogP contribution in [-0.2, 0) is 25.1 Å². The standard InChI is InChI=1S/C27H37N7O5.C25H35N7O4/c1-16(35)33(12-5-11-29-26(38)32-18-8-6-17(7-9-18)27(2,3)4)14-20-21(36)22(37)25(39-20)34-13-10-19-23(28)30-15-31-24(19)34;1-25(2,3)15-5-7-16(8-6-15)31-24(35)28-11-4-10-27-13-18-19(33)20(34)23(36-18)32-12-9-17-21(26)29-14-30-22(17)32/h6-10,13,15,20-22,25,36-37H,5,11-12,14H2,1-4H3,(H2,28,30,31)(H2,29,32,38);5-9,12,14,18-20,23,27,33-34H,4,10-11,13H2,1-3H3,(H2,26,29,30)(H2,28,31,35)/t20-,21-,22-,25-;18-,19-,20-,23-/m11/s1. The van der Waals surface area contributed by atoms with Crippen LogP contribution in [0.4, 0.5) is 32.6 Å². The number of amides is 5. The van der Waals surface area contributed by atoms with Gasteiger partial charge in [0.05, 0.1) is 10.8 Å². The number of nitrogens with two attached hydrogens (primary N) is 2. The number of aliphatic hydroxyl groups is 4. The topological polar surface area (TPSA) is 327 Å². The van der Waals surface area contributed by atoms with Gasteiger partial charge in [-0.3, -0.25) is 4.79 Å². The Bertz CT molecular complexity index is 2870. The molecule has 13 N–H and O–H groups in total. The molecule has 4 aromatic heterocycles. The van der Waals surface area contributed by atoms with Crippen molar-refractivity contribution in [3.05, 3.63) is 96.8 Å². The molecule has 6 aromatic rings. The van der Waals surface area contributed by atoms with Crippen molar-refractivity contribution in [2.75, 3.05) is 61.4 Å². The molecule has 5 amide bonds. The Labute approximate surface area is 435 Å². The van der Waals surface area contributed by atoms with Crippen molar-refractivity contribution in [2.24, 2.45) is 0 Å². The van der Waals surface area contributed by atoms with Crippen LogP contribution >= 0.6 is 0 Å². The summed E-state index contributed by atoms with van der Waals surface area (Å²) in [6, 6.07) is 18.4. The van der Waals surface area contributed by atoms with Gasteiger partial charge in [-0.25, -0.2) is 29.5 Å². The zero-order valence-corrected chi connectivity index (χ0v) is 43.5. The van der Waals surface area contributed by atoms with E-state index in [1.54, 1.807) is 33.7 Å². The van der Waals surface area contributed by atoms with E-state index in [4.69, 9.17) is 20.9 Å². The number of fused-ring (bicyclic) bond motifs is 2. The number of anilines is 4. The summed E-state index contributed by atoms with van der Waals surface area (Å²) < 4.78 is 15.2. The van der Waals surface area contributed by atoms with Crippen LogP contribution in [0.2, 0.25) is 0 Å². The lowest BCUT2D eigenvalue weighted by Crippen LogP contribution is -2.43. The molecule has 0 unspecified atom stereocenters. The number of benzene rings is 2. The molecular weight excluding hydrogens is 965 g/mol. The van der Waals surface area contributed by atoms with E-state index in [9.17, 15) is 34.8 Å². The van der Waals surface area contributed by atoms with E-state index in [1.807, 2.05) is 48.5 Å². The van der Waals surface area contributed by atoms with Crippen LogP contribution in [0, 0.1) is 0 Å². The third-order valence-corrected chi connectivity index (χ3v) is 13.2. The lowest BCUT2D eigenvalue weighted by Gasteiger charge is -2.26. The third-order valence-electron chi connectivity index (χ3n) is 13.2. The molecule has 2 aliphatic heterocycles. The van der Waals surface area contributed by atoms with Crippen molar-refractivity contribution < 1.29 is 44.3 Å². The Morgan fingerprint density at radius 1 is 0.613 bits per heavy atom. The second-order valence-electron chi connectivity index (χ2n) is 20.8. The number of carbonyl (C=O) groups is 3. The minimum absolute atomic E-state index is 0.0298. The van der Waals surface area contributed by atoms with Gasteiger partial charge in [0, 0.05) is 63.4 Å². The number of hydrogen-bond acceptors (Lipinski definition) is 16. The van der Waals surface area contributed by atoms with Gasteiger partial charge in [0.25, 0.3) is 0 Å². The fourth-order valence-corrected chi connectivity index (χ4v) is 8.81. The summed E-state index contributed by atoms with van der Waals surface area (Å²) in [6.45, 7) is 16.4. The second-order valence-corrected chi connectivity index (χ2v) is 20.8. The summed E-state index contributed by atoms with van der Waals surface area (Å²) in [4.78, 5) is 54.6. The number of aliphatic hydroxyl groups excluding tert-OH is 4. The number of nitrogen functional groups attached to an aromatic ring is 2. The number of nitrogens with one attached hydrogen (secondary N) is 5. The van der Waals surface area contributed by atoms with E-state index >= 15 is 0 Å². The molecular formula is C52H72N14O9. The van der Waals surface area contributed by atoms with Crippen molar-refractivity contribution >= 4 is 63.0 Å². The first-order valence-corrected chi connectivity index (χ1v) is 25.0. The number of nitrogens with zero attached hydrogens (tertiary/aromatic N) is 7. The van der Waals surface area contributed by atoms with E-state index in [0.29, 0.717) is 85.0 Å². The molecule has 23 heteroatoms. The van der Waals surface area contributed by atoms with Crippen molar-refractivity contribution in [3.8, 4) is 0 Å². The van der Waals surface area contributed by atoms with E-state index in [-0.39, 0.29) is 35.3 Å². The highest BCUT2D eigenvalue weighted by Gasteiger charge is 2.46. The zero-order valence-electron chi connectivity index (χ0n) is 43.5. The molecule has 8 atom stereocenters. The van der Waals surface area contributed by atoms with E-state index < -0.39 is 49.1 Å². The summed E-state index contributed by atoms with van der Waals surface area (Å²) in [5.74, 6) is 0.427. The van der Waals surface area contributed by atoms with Crippen LogP contribution in [0.15, 0.2) is 85.7 Å². The minimum atomic E-state index is -1.24. The second kappa shape index (κ2) is 24.1. The molecule has 2 saturated heterocycles. The van der Waals surface area contributed by atoms with Crippen LogP contribution in [0.1, 0.15) is 84.9 Å². The molecule has 0 radical (unpaired) electrons. The largest absolute Gasteiger partial charge is 0.387 e. The first-order chi connectivity index (χ1) is 35.6. The van der Waals surface area contributed by atoms with Crippen molar-refractivity contribution in [3.63, 3.8) is 0 Å². The van der Waals surface area contributed by atoms with Gasteiger partial charge in [0.1, 0.15) is 72.2 Å². The Kier molecular flexibility index (Phi) is 17.9. The maximum atomic E-state index is 12.3. The van der Waals surface area contributed by atoms with Crippen molar-refractivity contribution in [1.29, 1.82) is 0 Å². The van der Waals surface area contributed by atoms with Crippen LogP contribution in [0.25, 0.3) is 22.1 Å². The molecule has 23 nitrogen and oxygen atoms in total.